The van der Waals surface area contributed by atoms with Crippen molar-refractivity contribution in [2.45, 2.75) is 69.9 Å². The molecule has 18 heavy (non-hydrogen) atoms. The summed E-state index contributed by atoms with van der Waals surface area (Å²) in [4.78, 5) is 14.5. The van der Waals surface area contributed by atoms with Gasteiger partial charge in [0.15, 0.2) is 0 Å². The van der Waals surface area contributed by atoms with Gasteiger partial charge in [0.1, 0.15) is 0 Å². The number of carbonyl (C=O) groups is 1. The van der Waals surface area contributed by atoms with Crippen molar-refractivity contribution in [1.82, 2.24) is 10.2 Å². The molecule has 3 heteroatoms. The molecule has 0 aromatic heterocycles. The monoisotopic (exact) mass is 252 g/mol. The summed E-state index contributed by atoms with van der Waals surface area (Å²) < 4.78 is 0. The topological polar surface area (TPSA) is 32.3 Å². The molecule has 1 N–H and O–H groups in total. The Balaban J connectivity index is 1.72. The highest BCUT2D eigenvalue weighted by Crippen LogP contribution is 2.26. The molecule has 0 spiro atoms. The maximum atomic E-state index is 12.2. The normalized spacial score (nSPS) is 30.4. The highest BCUT2D eigenvalue weighted by atomic mass is 16.1. The van der Waals surface area contributed by atoms with Gasteiger partial charge in [0.25, 0.3) is 0 Å². The Kier molecular flexibility index (Phi) is 5.04. The van der Waals surface area contributed by atoms with Crippen LogP contribution < -0.4 is 5.32 Å². The maximum Gasteiger partial charge on any atom is 0.223 e. The zero-order valence-electron chi connectivity index (χ0n) is 12.0. The average molecular weight is 252 g/mol. The van der Waals surface area contributed by atoms with Gasteiger partial charge < -0.3 is 10.2 Å². The van der Waals surface area contributed by atoms with Crippen molar-refractivity contribution >= 4 is 5.91 Å². The molecule has 2 aliphatic rings. The number of rotatable bonds is 3. The van der Waals surface area contributed by atoms with E-state index in [0.29, 0.717) is 23.9 Å². The fraction of sp³-hybridized carbons (Fsp3) is 0.933. The average Bonchev–Trinajstić information content (AvgIpc) is 2.40. The maximum absolute atomic E-state index is 12.2. The van der Waals surface area contributed by atoms with Gasteiger partial charge in [0.05, 0.1) is 0 Å². The highest BCUT2D eigenvalue weighted by molar-refractivity contribution is 5.79. The van der Waals surface area contributed by atoms with Crippen LogP contribution >= 0.6 is 0 Å². The molecule has 2 aliphatic carbocycles. The number of hydrogen-bond acceptors (Lipinski definition) is 2. The summed E-state index contributed by atoms with van der Waals surface area (Å²) in [5.74, 6) is 0.647. The van der Waals surface area contributed by atoms with Crippen molar-refractivity contribution in [3.05, 3.63) is 0 Å². The lowest BCUT2D eigenvalue weighted by Crippen LogP contribution is -2.44. The lowest BCUT2D eigenvalue weighted by atomic mass is 9.87. The number of hydrogen-bond donors (Lipinski definition) is 1. The van der Waals surface area contributed by atoms with Crippen LogP contribution in [0.15, 0.2) is 0 Å². The van der Waals surface area contributed by atoms with Gasteiger partial charge in [0, 0.05) is 18.0 Å². The van der Waals surface area contributed by atoms with E-state index in [9.17, 15) is 4.79 Å². The van der Waals surface area contributed by atoms with Gasteiger partial charge in [-0.1, -0.05) is 19.3 Å². The second kappa shape index (κ2) is 6.55. The molecule has 0 aromatic rings. The molecule has 0 radical (unpaired) electrons. The third-order valence-corrected chi connectivity index (χ3v) is 4.75. The van der Waals surface area contributed by atoms with Crippen LogP contribution in [0.1, 0.15) is 57.8 Å². The fourth-order valence-corrected chi connectivity index (χ4v) is 3.42. The van der Waals surface area contributed by atoms with E-state index in [1.54, 1.807) is 0 Å². The minimum atomic E-state index is 0.310. The van der Waals surface area contributed by atoms with Crippen LogP contribution in [0, 0.1) is 5.92 Å². The molecule has 2 rings (SSSR count). The second-order valence-electron chi connectivity index (χ2n) is 6.31. The Morgan fingerprint density at radius 1 is 0.944 bits per heavy atom. The van der Waals surface area contributed by atoms with Crippen LogP contribution in [0.3, 0.4) is 0 Å². The molecule has 2 saturated carbocycles. The van der Waals surface area contributed by atoms with Gasteiger partial charge >= 0.3 is 0 Å². The zero-order valence-corrected chi connectivity index (χ0v) is 12.0. The van der Waals surface area contributed by atoms with E-state index in [-0.39, 0.29) is 0 Å². The van der Waals surface area contributed by atoms with Crippen molar-refractivity contribution in [1.29, 1.82) is 0 Å². The Labute approximate surface area is 111 Å². The van der Waals surface area contributed by atoms with Crippen LogP contribution in [-0.4, -0.2) is 37.0 Å². The summed E-state index contributed by atoms with van der Waals surface area (Å²) in [6.07, 6.45) is 10.8. The Hall–Kier alpha value is -0.570. The Morgan fingerprint density at radius 2 is 1.56 bits per heavy atom. The molecule has 0 aliphatic heterocycles. The van der Waals surface area contributed by atoms with Crippen molar-refractivity contribution in [2.24, 2.45) is 5.92 Å². The molecule has 0 aromatic carbocycles. The molecule has 0 bridgehead atoms. The first-order valence-electron chi connectivity index (χ1n) is 7.63. The van der Waals surface area contributed by atoms with E-state index in [1.807, 2.05) is 0 Å². The van der Waals surface area contributed by atoms with Crippen molar-refractivity contribution < 1.29 is 4.79 Å². The van der Waals surface area contributed by atoms with E-state index in [2.05, 4.69) is 24.3 Å². The lowest BCUT2D eigenvalue weighted by molar-refractivity contribution is -0.126. The molecule has 0 heterocycles. The molecule has 0 unspecified atom stereocenters. The first-order valence-corrected chi connectivity index (χ1v) is 7.63. The molecular weight excluding hydrogens is 224 g/mol. The minimum absolute atomic E-state index is 0.310. The molecule has 1 amide bonds. The standard InChI is InChI=1S/C15H28N2O/c1-17(2)14-10-8-13(9-11-14)16-15(18)12-6-4-3-5-7-12/h12-14H,3-11H2,1-2H3,(H,16,18). The van der Waals surface area contributed by atoms with Gasteiger partial charge in [-0.3, -0.25) is 4.79 Å². The third-order valence-electron chi connectivity index (χ3n) is 4.75. The van der Waals surface area contributed by atoms with Crippen LogP contribution in [0.25, 0.3) is 0 Å². The molecular formula is C15H28N2O. The van der Waals surface area contributed by atoms with E-state index < -0.39 is 0 Å². The number of carbonyl (C=O) groups excluding carboxylic acids is 1. The SMILES string of the molecule is CN(C)C1CCC(NC(=O)C2CCCCC2)CC1. The van der Waals surface area contributed by atoms with E-state index in [1.165, 1.54) is 32.1 Å². The molecule has 2 fully saturated rings. The number of nitrogens with zero attached hydrogens (tertiary/aromatic N) is 1. The largest absolute Gasteiger partial charge is 0.353 e. The summed E-state index contributed by atoms with van der Waals surface area (Å²) >= 11 is 0. The summed E-state index contributed by atoms with van der Waals surface area (Å²) in [5.41, 5.74) is 0. The Morgan fingerprint density at radius 3 is 2.11 bits per heavy atom. The van der Waals surface area contributed by atoms with E-state index >= 15 is 0 Å². The lowest BCUT2D eigenvalue weighted by Gasteiger charge is -2.34. The van der Waals surface area contributed by atoms with E-state index in [4.69, 9.17) is 0 Å². The fourth-order valence-electron chi connectivity index (χ4n) is 3.42. The van der Waals surface area contributed by atoms with Gasteiger partial charge in [-0.05, 0) is 52.6 Å². The third kappa shape index (κ3) is 3.71. The predicted molar refractivity (Wildman–Crippen MR) is 74.4 cm³/mol. The smallest absolute Gasteiger partial charge is 0.223 e. The summed E-state index contributed by atoms with van der Waals surface area (Å²) in [5, 5.41) is 3.29. The second-order valence-corrected chi connectivity index (χ2v) is 6.31. The van der Waals surface area contributed by atoms with Crippen molar-refractivity contribution in [3.8, 4) is 0 Å². The Bertz CT molecular complexity index is 264. The summed E-state index contributed by atoms with van der Waals surface area (Å²) in [6, 6.07) is 1.16. The predicted octanol–water partition coefficient (Wildman–Crippen LogP) is 2.56. The zero-order chi connectivity index (χ0) is 13.0. The first kappa shape index (κ1) is 13.9. The van der Waals surface area contributed by atoms with Crippen molar-refractivity contribution in [2.75, 3.05) is 14.1 Å². The van der Waals surface area contributed by atoms with Crippen LogP contribution in [0.2, 0.25) is 0 Å². The van der Waals surface area contributed by atoms with Gasteiger partial charge in [-0.15, -0.1) is 0 Å². The van der Waals surface area contributed by atoms with Gasteiger partial charge in [-0.25, -0.2) is 0 Å². The van der Waals surface area contributed by atoms with E-state index in [0.717, 1.165) is 25.7 Å². The molecule has 0 saturated heterocycles. The molecule has 0 atom stereocenters. The number of amides is 1. The molecule has 3 nitrogen and oxygen atoms in total. The molecule has 104 valence electrons. The number of nitrogens with one attached hydrogen (secondary N) is 1. The van der Waals surface area contributed by atoms with Gasteiger partial charge in [0.2, 0.25) is 5.91 Å². The quantitative estimate of drug-likeness (QED) is 0.837. The summed E-state index contributed by atoms with van der Waals surface area (Å²) in [7, 11) is 4.32. The van der Waals surface area contributed by atoms with Crippen LogP contribution in [0.4, 0.5) is 0 Å². The van der Waals surface area contributed by atoms with Crippen LogP contribution in [-0.2, 0) is 4.79 Å². The summed E-state index contributed by atoms with van der Waals surface area (Å²) in [6.45, 7) is 0. The first-order chi connectivity index (χ1) is 8.66. The van der Waals surface area contributed by atoms with Gasteiger partial charge in [-0.2, -0.15) is 0 Å². The highest BCUT2D eigenvalue weighted by Gasteiger charge is 2.26. The van der Waals surface area contributed by atoms with Crippen LogP contribution in [0.5, 0.6) is 0 Å². The van der Waals surface area contributed by atoms with Crippen molar-refractivity contribution in [3.63, 3.8) is 0 Å². The minimum Gasteiger partial charge on any atom is -0.353 e.